The molecule has 1 aliphatic rings. The summed E-state index contributed by atoms with van der Waals surface area (Å²) in [6.07, 6.45) is 5.59. The second kappa shape index (κ2) is 6.03. The van der Waals surface area contributed by atoms with E-state index in [2.05, 4.69) is 41.0 Å². The Bertz CT molecular complexity index is 383. The number of hydrogen-bond donors (Lipinski definition) is 1. The van der Waals surface area contributed by atoms with Crippen molar-refractivity contribution in [1.29, 1.82) is 0 Å². The van der Waals surface area contributed by atoms with Crippen LogP contribution >= 0.6 is 0 Å². The number of rotatable bonds is 4. The predicted octanol–water partition coefficient (Wildman–Crippen LogP) is 3.02. The molecule has 0 spiro atoms. The maximum atomic E-state index is 4.54. The van der Waals surface area contributed by atoms with E-state index in [9.17, 15) is 0 Å². The quantitative estimate of drug-likeness (QED) is 0.889. The van der Waals surface area contributed by atoms with Gasteiger partial charge < -0.3 is 10.2 Å². The third kappa shape index (κ3) is 2.74. The first kappa shape index (κ1) is 13.1. The number of nitrogens with zero attached hydrogens (tertiary/aromatic N) is 3. The van der Waals surface area contributed by atoms with Crippen LogP contribution in [0.3, 0.4) is 0 Å². The number of hydrogen-bond acceptors (Lipinski definition) is 4. The van der Waals surface area contributed by atoms with Crippen molar-refractivity contribution in [2.24, 2.45) is 0 Å². The van der Waals surface area contributed by atoms with Crippen LogP contribution in [0.2, 0.25) is 0 Å². The molecule has 1 aliphatic heterocycles. The van der Waals surface area contributed by atoms with E-state index >= 15 is 0 Å². The van der Waals surface area contributed by atoms with Gasteiger partial charge in [-0.1, -0.05) is 13.8 Å². The van der Waals surface area contributed by atoms with E-state index in [1.807, 2.05) is 0 Å². The minimum absolute atomic E-state index is 0.442. The van der Waals surface area contributed by atoms with Crippen LogP contribution in [0.1, 0.15) is 51.5 Å². The van der Waals surface area contributed by atoms with Crippen LogP contribution in [-0.4, -0.2) is 29.6 Å². The van der Waals surface area contributed by atoms with E-state index in [4.69, 9.17) is 0 Å². The van der Waals surface area contributed by atoms with Crippen molar-refractivity contribution in [1.82, 2.24) is 9.97 Å². The van der Waals surface area contributed by atoms with Gasteiger partial charge in [0.25, 0.3) is 0 Å². The molecule has 0 bridgehead atoms. The van der Waals surface area contributed by atoms with Gasteiger partial charge in [-0.3, -0.25) is 0 Å². The highest BCUT2D eigenvalue weighted by molar-refractivity contribution is 5.60. The van der Waals surface area contributed by atoms with Gasteiger partial charge in [-0.2, -0.15) is 0 Å². The normalized spacial score (nSPS) is 16.1. The molecule has 1 saturated heterocycles. The number of piperidine rings is 1. The Morgan fingerprint density at radius 3 is 2.56 bits per heavy atom. The molecule has 4 heteroatoms. The summed E-state index contributed by atoms with van der Waals surface area (Å²) in [6.45, 7) is 9.69. The fraction of sp³-hybridized carbons (Fsp3) is 0.714. The number of anilines is 2. The summed E-state index contributed by atoms with van der Waals surface area (Å²) in [5.74, 6) is 2.58. The summed E-state index contributed by atoms with van der Waals surface area (Å²) < 4.78 is 0. The van der Waals surface area contributed by atoms with E-state index in [-0.39, 0.29) is 0 Å². The summed E-state index contributed by atoms with van der Waals surface area (Å²) in [5, 5.41) is 3.36. The fourth-order valence-electron chi connectivity index (χ4n) is 2.58. The third-order valence-electron chi connectivity index (χ3n) is 3.44. The van der Waals surface area contributed by atoms with Gasteiger partial charge in [0, 0.05) is 25.2 Å². The second-order valence-corrected chi connectivity index (χ2v) is 5.19. The third-order valence-corrected chi connectivity index (χ3v) is 3.44. The molecule has 0 aromatic carbocycles. The van der Waals surface area contributed by atoms with Gasteiger partial charge in [0.15, 0.2) is 0 Å². The van der Waals surface area contributed by atoms with Crippen LogP contribution in [0, 0.1) is 0 Å². The number of nitrogens with one attached hydrogen (secondary N) is 1. The second-order valence-electron chi connectivity index (χ2n) is 5.19. The average molecular weight is 248 g/mol. The van der Waals surface area contributed by atoms with Crippen LogP contribution in [0.25, 0.3) is 0 Å². The molecule has 100 valence electrons. The van der Waals surface area contributed by atoms with Crippen molar-refractivity contribution in [3.63, 3.8) is 0 Å². The zero-order chi connectivity index (χ0) is 13.0. The highest BCUT2D eigenvalue weighted by atomic mass is 15.2. The first-order valence-electron chi connectivity index (χ1n) is 7.07. The van der Waals surface area contributed by atoms with Crippen molar-refractivity contribution in [3.05, 3.63) is 11.9 Å². The van der Waals surface area contributed by atoms with E-state index in [0.717, 1.165) is 31.3 Å². The molecule has 18 heavy (non-hydrogen) atoms. The minimum Gasteiger partial charge on any atom is -0.370 e. The molecular formula is C14H24N4. The Morgan fingerprint density at radius 2 is 1.94 bits per heavy atom. The average Bonchev–Trinajstić information content (AvgIpc) is 2.39. The molecule has 1 aromatic rings. The summed E-state index contributed by atoms with van der Waals surface area (Å²) in [4.78, 5) is 11.4. The van der Waals surface area contributed by atoms with Gasteiger partial charge in [-0.25, -0.2) is 9.97 Å². The van der Waals surface area contributed by atoms with Crippen molar-refractivity contribution < 1.29 is 0 Å². The van der Waals surface area contributed by atoms with Crippen LogP contribution in [-0.2, 0) is 0 Å². The molecule has 1 fully saturated rings. The van der Waals surface area contributed by atoms with Crippen LogP contribution in [0.4, 0.5) is 11.6 Å². The lowest BCUT2D eigenvalue weighted by Gasteiger charge is -2.30. The van der Waals surface area contributed by atoms with Crippen molar-refractivity contribution >= 4 is 11.6 Å². The predicted molar refractivity (Wildman–Crippen MR) is 76.3 cm³/mol. The molecule has 2 heterocycles. The molecule has 0 amide bonds. The Labute approximate surface area is 110 Å². The zero-order valence-electron chi connectivity index (χ0n) is 11.7. The maximum Gasteiger partial charge on any atom is 0.137 e. The van der Waals surface area contributed by atoms with Crippen molar-refractivity contribution in [2.45, 2.75) is 46.0 Å². The highest BCUT2D eigenvalue weighted by Crippen LogP contribution is 2.32. The smallest absolute Gasteiger partial charge is 0.137 e. The Hall–Kier alpha value is -1.32. The first-order chi connectivity index (χ1) is 8.74. The van der Waals surface area contributed by atoms with Crippen LogP contribution < -0.4 is 10.2 Å². The molecule has 0 radical (unpaired) electrons. The van der Waals surface area contributed by atoms with Gasteiger partial charge in [-0.15, -0.1) is 0 Å². The van der Waals surface area contributed by atoms with Crippen molar-refractivity contribution in [2.75, 3.05) is 29.9 Å². The first-order valence-corrected chi connectivity index (χ1v) is 7.07. The molecule has 4 nitrogen and oxygen atoms in total. The lowest BCUT2D eigenvalue weighted by Crippen LogP contribution is -2.31. The molecule has 0 atom stereocenters. The van der Waals surface area contributed by atoms with Gasteiger partial charge >= 0.3 is 0 Å². The largest absolute Gasteiger partial charge is 0.370 e. The Morgan fingerprint density at radius 1 is 1.22 bits per heavy atom. The lowest BCUT2D eigenvalue weighted by atomic mass is 10.0. The highest BCUT2D eigenvalue weighted by Gasteiger charge is 2.20. The van der Waals surface area contributed by atoms with Gasteiger partial charge in [-0.05, 0) is 32.1 Å². The SMILES string of the molecule is CCNc1ncnc(N2CCCCC2)c1C(C)C. The lowest BCUT2D eigenvalue weighted by molar-refractivity contribution is 0.570. The molecule has 0 aliphatic carbocycles. The van der Waals surface area contributed by atoms with Gasteiger partial charge in [0.2, 0.25) is 0 Å². The van der Waals surface area contributed by atoms with Crippen molar-refractivity contribution in [3.8, 4) is 0 Å². The summed E-state index contributed by atoms with van der Waals surface area (Å²) in [6, 6.07) is 0. The summed E-state index contributed by atoms with van der Waals surface area (Å²) >= 11 is 0. The van der Waals surface area contributed by atoms with E-state index in [1.165, 1.54) is 24.8 Å². The van der Waals surface area contributed by atoms with E-state index < -0.39 is 0 Å². The summed E-state index contributed by atoms with van der Waals surface area (Å²) in [7, 11) is 0. The zero-order valence-corrected chi connectivity index (χ0v) is 11.7. The summed E-state index contributed by atoms with van der Waals surface area (Å²) in [5.41, 5.74) is 1.27. The fourth-order valence-corrected chi connectivity index (χ4v) is 2.58. The molecule has 0 unspecified atom stereocenters. The standard InChI is InChI=1S/C14H24N4/c1-4-15-13-12(11(2)3)14(17-10-16-13)18-8-6-5-7-9-18/h10-11H,4-9H2,1-3H3,(H,15,16,17). The molecular weight excluding hydrogens is 224 g/mol. The monoisotopic (exact) mass is 248 g/mol. The minimum atomic E-state index is 0.442. The molecule has 1 N–H and O–H groups in total. The molecule has 2 rings (SSSR count). The number of aromatic nitrogens is 2. The van der Waals surface area contributed by atoms with E-state index in [1.54, 1.807) is 6.33 Å². The van der Waals surface area contributed by atoms with Crippen LogP contribution in [0.15, 0.2) is 6.33 Å². The molecule has 0 saturated carbocycles. The Kier molecular flexibility index (Phi) is 4.39. The van der Waals surface area contributed by atoms with Gasteiger partial charge in [0.05, 0.1) is 0 Å². The topological polar surface area (TPSA) is 41.1 Å². The van der Waals surface area contributed by atoms with E-state index in [0.29, 0.717) is 5.92 Å². The maximum absolute atomic E-state index is 4.54. The Balaban J connectivity index is 2.35. The molecule has 1 aromatic heterocycles. The van der Waals surface area contributed by atoms with Gasteiger partial charge in [0.1, 0.15) is 18.0 Å². The van der Waals surface area contributed by atoms with Crippen LogP contribution in [0.5, 0.6) is 0 Å².